The van der Waals surface area contributed by atoms with Gasteiger partial charge in [0.2, 0.25) is 0 Å². The van der Waals surface area contributed by atoms with Crippen LogP contribution in [-0.4, -0.2) is 9.97 Å². The number of nitrogens with one attached hydrogen (secondary N) is 1. The van der Waals surface area contributed by atoms with Crippen LogP contribution in [0.15, 0.2) is 24.7 Å². The minimum atomic E-state index is -10.7. The quantitative estimate of drug-likeness (QED) is 0.394. The Bertz CT molecular complexity index is 659. The Labute approximate surface area is 142 Å². The first-order valence-electron chi connectivity index (χ1n) is 7.75. The number of hydrogen-bond donors (Lipinski definition) is 1. The van der Waals surface area contributed by atoms with Crippen molar-refractivity contribution in [1.82, 2.24) is 9.97 Å². The average Bonchev–Trinajstić information content (AvgIpc) is 2.94. The molecule has 0 spiro atoms. The summed E-state index contributed by atoms with van der Waals surface area (Å²) in [5, 5.41) is 0. The van der Waals surface area contributed by atoms with Gasteiger partial charge in [-0.05, 0) is 12.5 Å². The molecule has 2 rings (SSSR count). The van der Waals surface area contributed by atoms with E-state index in [1.807, 2.05) is 6.20 Å². The molecule has 0 bridgehead atoms. The second-order valence-electron chi connectivity index (χ2n) is 5.66. The maximum absolute atomic E-state index is 10.7. The molecular formula is C15H22F6N3P. The van der Waals surface area contributed by atoms with Crippen molar-refractivity contribution in [3.05, 3.63) is 47.3 Å². The fraction of sp³-hybridized carbons (Fsp3) is 0.467. The van der Waals surface area contributed by atoms with Gasteiger partial charge in [0, 0.05) is 43.3 Å². The topological polar surface area (TPSA) is 32.6 Å². The van der Waals surface area contributed by atoms with Gasteiger partial charge in [0.25, 0.3) is 0 Å². The summed E-state index contributed by atoms with van der Waals surface area (Å²) >= 11 is 0. The Morgan fingerprint density at radius 2 is 1.48 bits per heavy atom. The second kappa shape index (κ2) is 6.94. The van der Waals surface area contributed by atoms with Gasteiger partial charge >= 0.3 is 33.0 Å². The van der Waals surface area contributed by atoms with E-state index in [0.717, 1.165) is 25.8 Å². The summed E-state index contributed by atoms with van der Waals surface area (Å²) in [4.78, 5) is 7.24. The van der Waals surface area contributed by atoms with Crippen molar-refractivity contribution in [3.63, 3.8) is 0 Å². The van der Waals surface area contributed by atoms with Gasteiger partial charge in [-0.15, -0.1) is 0 Å². The summed E-state index contributed by atoms with van der Waals surface area (Å²) in [6, 6.07) is 4.60. The van der Waals surface area contributed by atoms with E-state index >= 15 is 0 Å². The van der Waals surface area contributed by atoms with E-state index in [0.29, 0.717) is 0 Å². The summed E-state index contributed by atoms with van der Waals surface area (Å²) in [7, 11) is -10.7. The molecule has 0 aromatic carbocycles. The number of aryl methyl sites for hydroxylation is 4. The van der Waals surface area contributed by atoms with E-state index in [1.165, 1.54) is 22.6 Å². The maximum atomic E-state index is 9.87. The van der Waals surface area contributed by atoms with Crippen molar-refractivity contribution < 1.29 is 29.7 Å². The van der Waals surface area contributed by atoms with Crippen LogP contribution in [0, 0.1) is 6.92 Å². The van der Waals surface area contributed by atoms with Crippen molar-refractivity contribution in [3.8, 4) is 0 Å². The Balaban J connectivity index is 0.000000381. The molecule has 2 aromatic heterocycles. The van der Waals surface area contributed by atoms with Crippen LogP contribution in [0.5, 0.6) is 0 Å². The van der Waals surface area contributed by atoms with Gasteiger partial charge in [-0.3, -0.25) is 0 Å². The number of aromatic nitrogens is 3. The Kier molecular flexibility index (Phi) is 5.94. The van der Waals surface area contributed by atoms with Crippen LogP contribution in [-0.2, 0) is 25.8 Å². The second-order valence-corrected chi connectivity index (χ2v) is 7.58. The SMILES string of the molecule is CCc1cc(C)cc(CC)[n+]1CCc1cnc[nH]1.F[P-](F)(F)(F)(F)F. The molecule has 0 radical (unpaired) electrons. The molecule has 3 nitrogen and oxygen atoms in total. The number of nitrogens with zero attached hydrogens (tertiary/aromatic N) is 2. The fourth-order valence-corrected chi connectivity index (χ4v) is 2.43. The van der Waals surface area contributed by atoms with Gasteiger partial charge < -0.3 is 4.98 Å². The van der Waals surface area contributed by atoms with Crippen LogP contribution < -0.4 is 4.57 Å². The van der Waals surface area contributed by atoms with Crippen LogP contribution in [0.2, 0.25) is 0 Å². The van der Waals surface area contributed by atoms with Crippen molar-refractivity contribution in [2.45, 2.75) is 46.6 Å². The molecule has 0 aliphatic heterocycles. The molecular weight excluding hydrogens is 367 g/mol. The van der Waals surface area contributed by atoms with Gasteiger partial charge in [-0.1, -0.05) is 13.8 Å². The molecule has 0 atom stereocenters. The first kappa shape index (κ1) is 21.4. The standard InChI is InChI=1S/C15H22N3.F6P/c1-4-14-8-12(3)9-15(5-2)18(14)7-6-13-10-16-11-17-13;1-7(2,3,4,5)6/h8-11H,4-7H2,1-3H3,(H,16,17);/q+1;-1. The first-order valence-corrected chi connectivity index (χ1v) is 9.78. The van der Waals surface area contributed by atoms with E-state index in [1.54, 1.807) is 6.33 Å². The monoisotopic (exact) mass is 389 g/mol. The van der Waals surface area contributed by atoms with Crippen LogP contribution in [0.1, 0.15) is 36.5 Å². The van der Waals surface area contributed by atoms with Crippen molar-refractivity contribution in [2.24, 2.45) is 0 Å². The van der Waals surface area contributed by atoms with E-state index in [9.17, 15) is 25.2 Å². The molecule has 25 heavy (non-hydrogen) atoms. The van der Waals surface area contributed by atoms with Crippen LogP contribution in [0.25, 0.3) is 0 Å². The van der Waals surface area contributed by atoms with Crippen molar-refractivity contribution in [2.75, 3.05) is 0 Å². The van der Waals surface area contributed by atoms with Crippen LogP contribution in [0.4, 0.5) is 25.2 Å². The first-order chi connectivity index (χ1) is 11.2. The molecule has 144 valence electrons. The van der Waals surface area contributed by atoms with Crippen LogP contribution in [0.3, 0.4) is 0 Å². The van der Waals surface area contributed by atoms with Gasteiger partial charge in [0.1, 0.15) is 0 Å². The van der Waals surface area contributed by atoms with Gasteiger partial charge in [0.15, 0.2) is 17.9 Å². The summed E-state index contributed by atoms with van der Waals surface area (Å²) < 4.78 is 61.6. The predicted octanol–water partition coefficient (Wildman–Crippen LogP) is 5.76. The van der Waals surface area contributed by atoms with Gasteiger partial charge in [-0.2, -0.15) is 4.57 Å². The molecule has 2 heterocycles. The molecule has 10 heteroatoms. The van der Waals surface area contributed by atoms with E-state index in [-0.39, 0.29) is 0 Å². The Morgan fingerprint density at radius 3 is 1.84 bits per heavy atom. The number of halogens is 6. The molecule has 1 N–H and O–H groups in total. The molecule has 0 aliphatic rings. The minimum absolute atomic E-state index is 1.01. The van der Waals surface area contributed by atoms with E-state index in [2.05, 4.69) is 47.4 Å². The Hall–Kier alpha value is -1.63. The molecule has 0 unspecified atom stereocenters. The molecule has 0 fully saturated rings. The van der Waals surface area contributed by atoms with Crippen molar-refractivity contribution >= 4 is 7.81 Å². The third-order valence-corrected chi connectivity index (χ3v) is 3.37. The zero-order chi connectivity index (χ0) is 19.4. The zero-order valence-corrected chi connectivity index (χ0v) is 15.1. The summed E-state index contributed by atoms with van der Waals surface area (Å²) in [6.07, 6.45) is 6.83. The number of H-pyrrole nitrogens is 1. The van der Waals surface area contributed by atoms with Gasteiger partial charge in [-0.25, -0.2) is 4.98 Å². The zero-order valence-electron chi connectivity index (χ0n) is 14.2. The number of imidazole rings is 1. The Morgan fingerprint density at radius 1 is 1.00 bits per heavy atom. The third-order valence-electron chi connectivity index (χ3n) is 3.37. The third kappa shape index (κ3) is 10.1. The van der Waals surface area contributed by atoms with Crippen molar-refractivity contribution in [1.29, 1.82) is 0 Å². The fourth-order valence-electron chi connectivity index (χ4n) is 2.43. The number of aromatic amines is 1. The molecule has 0 aliphatic carbocycles. The van der Waals surface area contributed by atoms with E-state index in [4.69, 9.17) is 0 Å². The summed E-state index contributed by atoms with van der Waals surface area (Å²) in [5.41, 5.74) is 5.41. The van der Waals surface area contributed by atoms with Crippen LogP contribution >= 0.6 is 7.81 Å². The van der Waals surface area contributed by atoms with E-state index < -0.39 is 7.81 Å². The summed E-state index contributed by atoms with van der Waals surface area (Å²) in [6.45, 7) is 7.65. The normalized spacial score (nSPS) is 14.3. The number of rotatable bonds is 5. The predicted molar refractivity (Wildman–Crippen MR) is 86.0 cm³/mol. The van der Waals surface area contributed by atoms with Gasteiger partial charge in [0.05, 0.1) is 6.33 Å². The average molecular weight is 389 g/mol. The summed E-state index contributed by atoms with van der Waals surface area (Å²) in [5.74, 6) is 0. The number of hydrogen-bond acceptors (Lipinski definition) is 1. The number of pyridine rings is 1. The molecule has 0 saturated carbocycles. The molecule has 2 aromatic rings. The molecule has 0 amide bonds. The molecule has 0 saturated heterocycles.